The topological polar surface area (TPSA) is 63.7 Å². The van der Waals surface area contributed by atoms with Crippen LogP contribution < -0.4 is 5.32 Å². The Kier molecular flexibility index (Phi) is 5.82. The molecule has 0 unspecified atom stereocenters. The first-order chi connectivity index (χ1) is 12.8. The van der Waals surface area contributed by atoms with Gasteiger partial charge in [0.25, 0.3) is 0 Å². The van der Waals surface area contributed by atoms with E-state index in [-0.39, 0.29) is 18.1 Å². The molecule has 0 aromatic carbocycles. The van der Waals surface area contributed by atoms with Crippen molar-refractivity contribution in [3.8, 4) is 0 Å². The van der Waals surface area contributed by atoms with E-state index >= 15 is 0 Å². The standard InChI is InChI=1S/C20H29N3O3/c24-20(22-11-6-15-3-1-2-10-21-15)19-5-4-17-18(26-19)7-12-23(17)16-8-13-25-14-9-16/h1-3,10,16-19H,4-9,11-14H2,(H,22,24)/t17-,18-,19+/m1/s1. The number of likely N-dealkylation sites (tertiary alicyclic amines) is 1. The molecule has 1 aromatic heterocycles. The normalized spacial score (nSPS) is 30.1. The van der Waals surface area contributed by atoms with Crippen molar-refractivity contribution in [2.24, 2.45) is 0 Å². The zero-order valence-electron chi connectivity index (χ0n) is 15.3. The van der Waals surface area contributed by atoms with Gasteiger partial charge >= 0.3 is 0 Å². The van der Waals surface area contributed by atoms with Crippen molar-refractivity contribution in [2.75, 3.05) is 26.3 Å². The van der Waals surface area contributed by atoms with Crippen molar-refractivity contribution in [1.82, 2.24) is 15.2 Å². The van der Waals surface area contributed by atoms with Crippen LogP contribution in [0.1, 0.15) is 37.8 Å². The highest BCUT2D eigenvalue weighted by Gasteiger charge is 2.43. The van der Waals surface area contributed by atoms with Crippen LogP contribution in [-0.4, -0.2) is 66.4 Å². The van der Waals surface area contributed by atoms with Crippen LogP contribution in [0, 0.1) is 0 Å². The van der Waals surface area contributed by atoms with Crippen LogP contribution in [0.15, 0.2) is 24.4 Å². The van der Waals surface area contributed by atoms with Gasteiger partial charge in [-0.2, -0.15) is 0 Å². The van der Waals surface area contributed by atoms with Crippen molar-refractivity contribution in [2.45, 2.75) is 62.8 Å². The van der Waals surface area contributed by atoms with E-state index in [1.165, 1.54) is 0 Å². The molecule has 3 fully saturated rings. The highest BCUT2D eigenvalue weighted by molar-refractivity contribution is 5.80. The second-order valence-corrected chi connectivity index (χ2v) is 7.54. The largest absolute Gasteiger partial charge is 0.381 e. The summed E-state index contributed by atoms with van der Waals surface area (Å²) in [6.07, 6.45) is 7.61. The Labute approximate surface area is 155 Å². The number of rotatable bonds is 5. The molecule has 3 saturated heterocycles. The summed E-state index contributed by atoms with van der Waals surface area (Å²) in [4.78, 5) is 19.4. The van der Waals surface area contributed by atoms with Crippen LogP contribution in [-0.2, 0) is 20.7 Å². The number of carbonyl (C=O) groups excluding carboxylic acids is 1. The van der Waals surface area contributed by atoms with Gasteiger partial charge in [0.2, 0.25) is 5.91 Å². The fourth-order valence-electron chi connectivity index (χ4n) is 4.60. The number of nitrogens with zero attached hydrogens (tertiary/aromatic N) is 2. The summed E-state index contributed by atoms with van der Waals surface area (Å²) in [5.41, 5.74) is 1.00. The Bertz CT molecular complexity index is 591. The second-order valence-electron chi connectivity index (χ2n) is 7.54. The number of nitrogens with one attached hydrogen (secondary N) is 1. The molecular formula is C20H29N3O3. The van der Waals surface area contributed by atoms with Gasteiger partial charge in [-0.3, -0.25) is 14.7 Å². The Morgan fingerprint density at radius 2 is 2.08 bits per heavy atom. The predicted molar refractivity (Wildman–Crippen MR) is 97.8 cm³/mol. The van der Waals surface area contributed by atoms with Gasteiger partial charge in [-0.15, -0.1) is 0 Å². The summed E-state index contributed by atoms with van der Waals surface area (Å²) in [6, 6.07) is 6.97. The fraction of sp³-hybridized carbons (Fsp3) is 0.700. The molecule has 6 nitrogen and oxygen atoms in total. The number of ether oxygens (including phenoxy) is 2. The third-order valence-corrected chi connectivity index (χ3v) is 5.95. The summed E-state index contributed by atoms with van der Waals surface area (Å²) < 4.78 is 11.7. The van der Waals surface area contributed by atoms with Crippen molar-refractivity contribution in [3.05, 3.63) is 30.1 Å². The van der Waals surface area contributed by atoms with Gasteiger partial charge in [0.05, 0.1) is 6.10 Å². The molecule has 0 radical (unpaired) electrons. The third-order valence-electron chi connectivity index (χ3n) is 5.95. The van der Waals surface area contributed by atoms with Crippen molar-refractivity contribution < 1.29 is 14.3 Å². The molecule has 3 aliphatic rings. The van der Waals surface area contributed by atoms with Gasteiger partial charge in [-0.25, -0.2) is 0 Å². The minimum Gasteiger partial charge on any atom is -0.381 e. The van der Waals surface area contributed by atoms with E-state index < -0.39 is 0 Å². The van der Waals surface area contributed by atoms with Gasteiger partial charge in [0.15, 0.2) is 0 Å². The lowest BCUT2D eigenvalue weighted by Gasteiger charge is -2.40. The molecule has 0 bridgehead atoms. The molecule has 142 valence electrons. The Morgan fingerprint density at radius 1 is 1.19 bits per heavy atom. The minimum absolute atomic E-state index is 0.0314. The molecule has 4 rings (SSSR count). The zero-order valence-corrected chi connectivity index (χ0v) is 15.3. The van der Waals surface area contributed by atoms with Gasteiger partial charge in [-0.05, 0) is 44.2 Å². The van der Waals surface area contributed by atoms with Crippen molar-refractivity contribution >= 4 is 5.91 Å². The monoisotopic (exact) mass is 359 g/mol. The van der Waals surface area contributed by atoms with E-state index in [9.17, 15) is 4.79 Å². The Hall–Kier alpha value is -1.50. The maximum Gasteiger partial charge on any atom is 0.249 e. The van der Waals surface area contributed by atoms with Crippen LogP contribution >= 0.6 is 0 Å². The summed E-state index contributed by atoms with van der Waals surface area (Å²) in [5.74, 6) is 0.0314. The molecule has 1 aromatic rings. The smallest absolute Gasteiger partial charge is 0.249 e. The number of aromatic nitrogens is 1. The fourth-order valence-corrected chi connectivity index (χ4v) is 4.60. The number of pyridine rings is 1. The van der Waals surface area contributed by atoms with E-state index in [0.29, 0.717) is 18.6 Å². The second kappa shape index (κ2) is 8.46. The Balaban J connectivity index is 1.24. The lowest BCUT2D eigenvalue weighted by Crippen LogP contribution is -2.51. The molecule has 3 atom stereocenters. The number of hydrogen-bond donors (Lipinski definition) is 1. The summed E-state index contributed by atoms with van der Waals surface area (Å²) in [7, 11) is 0. The number of hydrogen-bond acceptors (Lipinski definition) is 5. The van der Waals surface area contributed by atoms with E-state index in [1.54, 1.807) is 6.20 Å². The maximum absolute atomic E-state index is 12.5. The van der Waals surface area contributed by atoms with Gasteiger partial charge < -0.3 is 14.8 Å². The molecule has 1 amide bonds. The van der Waals surface area contributed by atoms with Gasteiger partial charge in [-0.1, -0.05) is 6.07 Å². The molecule has 0 spiro atoms. The predicted octanol–water partition coefficient (Wildman–Crippen LogP) is 1.54. The molecular weight excluding hydrogens is 330 g/mol. The molecule has 26 heavy (non-hydrogen) atoms. The third kappa shape index (κ3) is 4.08. The summed E-state index contributed by atoms with van der Waals surface area (Å²) >= 11 is 0. The minimum atomic E-state index is -0.297. The highest BCUT2D eigenvalue weighted by Crippen LogP contribution is 2.34. The quantitative estimate of drug-likeness (QED) is 0.864. The molecule has 0 saturated carbocycles. The average Bonchev–Trinajstić information content (AvgIpc) is 3.12. The molecule has 3 aliphatic heterocycles. The first-order valence-electron chi connectivity index (χ1n) is 9.98. The molecule has 1 N–H and O–H groups in total. The van der Waals surface area contributed by atoms with Crippen LogP contribution in [0.3, 0.4) is 0 Å². The maximum atomic E-state index is 12.5. The van der Waals surface area contributed by atoms with E-state index in [2.05, 4.69) is 15.2 Å². The SMILES string of the molecule is O=C(NCCc1ccccn1)[C@@H]1CC[C@@H]2[C@@H](CCN2C2CCOCC2)O1. The van der Waals surface area contributed by atoms with Crippen molar-refractivity contribution in [3.63, 3.8) is 0 Å². The van der Waals surface area contributed by atoms with Crippen LogP contribution in [0.5, 0.6) is 0 Å². The van der Waals surface area contributed by atoms with Crippen LogP contribution in [0.25, 0.3) is 0 Å². The van der Waals surface area contributed by atoms with E-state index in [1.807, 2.05) is 18.2 Å². The summed E-state index contributed by atoms with van der Waals surface area (Å²) in [6.45, 7) is 3.45. The van der Waals surface area contributed by atoms with Crippen molar-refractivity contribution in [1.29, 1.82) is 0 Å². The van der Waals surface area contributed by atoms with Gasteiger partial charge in [0, 0.05) is 56.7 Å². The molecule has 0 aliphatic carbocycles. The van der Waals surface area contributed by atoms with E-state index in [4.69, 9.17) is 9.47 Å². The summed E-state index contributed by atoms with van der Waals surface area (Å²) in [5, 5.41) is 3.02. The van der Waals surface area contributed by atoms with Crippen LogP contribution in [0.4, 0.5) is 0 Å². The highest BCUT2D eigenvalue weighted by atomic mass is 16.5. The first-order valence-corrected chi connectivity index (χ1v) is 9.98. The molecule has 4 heterocycles. The lowest BCUT2D eigenvalue weighted by molar-refractivity contribution is -0.144. The van der Waals surface area contributed by atoms with E-state index in [0.717, 1.165) is 64.0 Å². The number of carbonyl (C=O) groups is 1. The first kappa shape index (κ1) is 17.9. The zero-order chi connectivity index (χ0) is 17.8. The lowest BCUT2D eigenvalue weighted by atomic mass is 9.96. The number of amides is 1. The molecule has 6 heteroatoms. The van der Waals surface area contributed by atoms with Crippen LogP contribution in [0.2, 0.25) is 0 Å². The number of fused-ring (bicyclic) bond motifs is 1. The van der Waals surface area contributed by atoms with Gasteiger partial charge in [0.1, 0.15) is 6.10 Å². The average molecular weight is 359 g/mol. The Morgan fingerprint density at radius 3 is 2.88 bits per heavy atom.